The van der Waals surface area contributed by atoms with Crippen molar-refractivity contribution in [3.63, 3.8) is 0 Å². The van der Waals surface area contributed by atoms with Crippen molar-refractivity contribution in [1.82, 2.24) is 5.32 Å². The molecular weight excluding hydrogens is 344 g/mol. The summed E-state index contributed by atoms with van der Waals surface area (Å²) in [5.74, 6) is 0.798. The van der Waals surface area contributed by atoms with Gasteiger partial charge in [0, 0.05) is 22.0 Å². The van der Waals surface area contributed by atoms with Crippen LogP contribution in [0.5, 0.6) is 0 Å². The number of carbonyl (C=O) groups is 2. The van der Waals surface area contributed by atoms with Crippen molar-refractivity contribution in [2.45, 2.75) is 19.9 Å². The van der Waals surface area contributed by atoms with Crippen molar-refractivity contribution in [2.24, 2.45) is 0 Å². The summed E-state index contributed by atoms with van der Waals surface area (Å²) in [4.78, 5) is 22.7. The molecule has 1 aromatic carbocycles. The number of carbonyl (C=O) groups excluding carboxylic acids is 1. The van der Waals surface area contributed by atoms with Crippen molar-refractivity contribution < 1.29 is 14.7 Å². The quantitative estimate of drug-likeness (QED) is 0.726. The molecule has 0 aromatic heterocycles. The Bertz CT molecular complexity index is 497. The molecule has 1 unspecified atom stereocenters. The third-order valence-electron chi connectivity index (χ3n) is 2.35. The van der Waals surface area contributed by atoms with Gasteiger partial charge in [-0.05, 0) is 30.9 Å². The minimum absolute atomic E-state index is 0.0473. The van der Waals surface area contributed by atoms with Gasteiger partial charge in [-0.15, -0.1) is 0 Å². The average molecular weight is 361 g/mol. The lowest BCUT2D eigenvalue weighted by molar-refractivity contribution is 0.0697. The van der Waals surface area contributed by atoms with Gasteiger partial charge in [0.25, 0.3) is 0 Å². The highest BCUT2D eigenvalue weighted by Gasteiger charge is 2.10. The van der Waals surface area contributed by atoms with Crippen LogP contribution in [0.1, 0.15) is 24.2 Å². The molecule has 0 heterocycles. The van der Waals surface area contributed by atoms with Crippen LogP contribution in [0, 0.1) is 0 Å². The van der Waals surface area contributed by atoms with Gasteiger partial charge in [-0.25, -0.2) is 9.59 Å². The zero-order valence-corrected chi connectivity index (χ0v) is 13.7. The molecule has 20 heavy (non-hydrogen) atoms. The maximum Gasteiger partial charge on any atom is 0.335 e. The fourth-order valence-electron chi connectivity index (χ4n) is 1.51. The van der Waals surface area contributed by atoms with E-state index in [0.717, 1.165) is 11.5 Å². The molecule has 0 aliphatic heterocycles. The number of aromatic carboxylic acids is 1. The third-order valence-corrected chi connectivity index (χ3v) is 3.95. The van der Waals surface area contributed by atoms with Gasteiger partial charge in [0.15, 0.2) is 0 Å². The molecule has 5 nitrogen and oxygen atoms in total. The first-order chi connectivity index (χ1) is 9.42. The molecule has 0 aliphatic rings. The first-order valence-corrected chi connectivity index (χ1v) is 8.06. The number of urea groups is 1. The average Bonchev–Trinajstić information content (AvgIpc) is 2.35. The lowest BCUT2D eigenvalue weighted by Gasteiger charge is -2.14. The van der Waals surface area contributed by atoms with Gasteiger partial charge in [0.05, 0.1) is 5.56 Å². The summed E-state index contributed by atoms with van der Waals surface area (Å²) in [6, 6.07) is 4.25. The van der Waals surface area contributed by atoms with Gasteiger partial charge in [-0.1, -0.05) is 22.9 Å². The third kappa shape index (κ3) is 5.83. The Morgan fingerprint density at radius 2 is 2.10 bits per heavy atom. The van der Waals surface area contributed by atoms with E-state index in [1.165, 1.54) is 12.1 Å². The van der Waals surface area contributed by atoms with E-state index in [4.69, 9.17) is 5.11 Å². The number of benzene rings is 1. The molecule has 3 N–H and O–H groups in total. The molecule has 0 bridgehead atoms. The van der Waals surface area contributed by atoms with Crippen LogP contribution in [0.2, 0.25) is 0 Å². The van der Waals surface area contributed by atoms with Crippen molar-refractivity contribution in [3.8, 4) is 0 Å². The summed E-state index contributed by atoms with van der Waals surface area (Å²) < 4.78 is 0.599. The van der Waals surface area contributed by atoms with E-state index in [1.54, 1.807) is 17.8 Å². The van der Waals surface area contributed by atoms with Crippen molar-refractivity contribution >= 4 is 45.4 Å². The first kappa shape index (κ1) is 16.8. The number of anilines is 1. The molecule has 0 radical (unpaired) electrons. The van der Waals surface area contributed by atoms with Crippen molar-refractivity contribution in [3.05, 3.63) is 28.2 Å². The van der Waals surface area contributed by atoms with E-state index < -0.39 is 5.97 Å². The minimum Gasteiger partial charge on any atom is -0.478 e. The number of halogens is 1. The Morgan fingerprint density at radius 3 is 2.70 bits per heavy atom. The van der Waals surface area contributed by atoms with Gasteiger partial charge in [-0.3, -0.25) is 0 Å². The highest BCUT2D eigenvalue weighted by atomic mass is 79.9. The van der Waals surface area contributed by atoms with E-state index in [2.05, 4.69) is 33.5 Å². The van der Waals surface area contributed by atoms with E-state index in [9.17, 15) is 9.59 Å². The van der Waals surface area contributed by atoms with Gasteiger partial charge < -0.3 is 15.7 Å². The van der Waals surface area contributed by atoms with Crippen molar-refractivity contribution in [1.29, 1.82) is 0 Å². The summed E-state index contributed by atoms with van der Waals surface area (Å²) in [7, 11) is 0. The molecule has 0 spiro atoms. The lowest BCUT2D eigenvalue weighted by Crippen LogP contribution is -2.37. The number of carboxylic acids is 1. The minimum atomic E-state index is -1.04. The highest BCUT2D eigenvalue weighted by Crippen LogP contribution is 2.19. The maximum atomic E-state index is 11.8. The second kappa shape index (κ2) is 8.16. The molecule has 1 rings (SSSR count). The second-order valence-corrected chi connectivity index (χ2v) is 6.43. The SMILES string of the molecule is CCSCC(C)NC(=O)Nc1cc(Br)cc(C(=O)O)c1. The number of carboxylic acid groups (broad SMARTS) is 1. The molecule has 1 aromatic rings. The predicted molar refractivity (Wildman–Crippen MR) is 85.7 cm³/mol. The Labute approximate surface area is 130 Å². The summed E-state index contributed by atoms with van der Waals surface area (Å²) in [6.07, 6.45) is 0. The number of amides is 2. The molecule has 0 aliphatic carbocycles. The van der Waals surface area contributed by atoms with Crippen LogP contribution in [0.15, 0.2) is 22.7 Å². The predicted octanol–water partition coefficient (Wildman–Crippen LogP) is 3.41. The summed E-state index contributed by atoms with van der Waals surface area (Å²) in [5, 5.41) is 14.4. The zero-order chi connectivity index (χ0) is 15.1. The smallest absolute Gasteiger partial charge is 0.335 e. The molecule has 2 amide bonds. The van der Waals surface area contributed by atoms with E-state index >= 15 is 0 Å². The molecule has 7 heteroatoms. The number of nitrogens with one attached hydrogen (secondary N) is 2. The lowest BCUT2D eigenvalue weighted by atomic mass is 10.2. The van der Waals surface area contributed by atoms with Crippen LogP contribution in [0.25, 0.3) is 0 Å². The van der Waals surface area contributed by atoms with Gasteiger partial charge in [-0.2, -0.15) is 11.8 Å². The fraction of sp³-hybridized carbons (Fsp3) is 0.385. The summed E-state index contributed by atoms with van der Waals surface area (Å²) in [6.45, 7) is 3.98. The zero-order valence-electron chi connectivity index (χ0n) is 11.3. The standard InChI is InChI=1S/C13H17BrN2O3S/c1-3-20-7-8(2)15-13(19)16-11-5-9(12(17)18)4-10(14)6-11/h4-6,8H,3,7H2,1-2H3,(H,17,18)(H2,15,16,19). The number of rotatable bonds is 6. The van der Waals surface area contributed by atoms with Crippen molar-refractivity contribution in [2.75, 3.05) is 16.8 Å². The van der Waals surface area contributed by atoms with Crippen LogP contribution in [0.3, 0.4) is 0 Å². The Kier molecular flexibility index (Phi) is 6.87. The molecule has 110 valence electrons. The van der Waals surface area contributed by atoms with Gasteiger partial charge >= 0.3 is 12.0 Å². The Balaban J connectivity index is 2.64. The fourth-order valence-corrected chi connectivity index (χ4v) is 2.68. The number of thioether (sulfide) groups is 1. The van der Waals surface area contributed by atoms with Crippen LogP contribution in [-0.4, -0.2) is 34.7 Å². The molecule has 1 atom stereocenters. The number of hydrogen-bond acceptors (Lipinski definition) is 3. The van der Waals surface area contributed by atoms with E-state index in [1.807, 2.05) is 6.92 Å². The van der Waals surface area contributed by atoms with Gasteiger partial charge in [0.2, 0.25) is 0 Å². The first-order valence-electron chi connectivity index (χ1n) is 6.11. The van der Waals surface area contributed by atoms with Gasteiger partial charge in [0.1, 0.15) is 0 Å². The van der Waals surface area contributed by atoms with Crippen LogP contribution >= 0.6 is 27.7 Å². The normalized spacial score (nSPS) is 11.8. The van der Waals surface area contributed by atoms with Crippen LogP contribution in [-0.2, 0) is 0 Å². The topological polar surface area (TPSA) is 78.4 Å². The Morgan fingerprint density at radius 1 is 1.40 bits per heavy atom. The van der Waals surface area contributed by atoms with Crippen LogP contribution in [0.4, 0.5) is 10.5 Å². The highest BCUT2D eigenvalue weighted by molar-refractivity contribution is 9.10. The molecule has 0 fully saturated rings. The molecule has 0 saturated heterocycles. The molecule has 0 saturated carbocycles. The van der Waals surface area contributed by atoms with Crippen LogP contribution < -0.4 is 10.6 Å². The summed E-state index contributed by atoms with van der Waals surface area (Å²) >= 11 is 4.96. The maximum absolute atomic E-state index is 11.8. The second-order valence-electron chi connectivity index (χ2n) is 4.19. The monoisotopic (exact) mass is 360 g/mol. The molecular formula is C13H17BrN2O3S. The van der Waals surface area contributed by atoms with E-state index in [0.29, 0.717) is 10.2 Å². The summed E-state index contributed by atoms with van der Waals surface area (Å²) in [5.41, 5.74) is 0.550. The number of hydrogen-bond donors (Lipinski definition) is 3. The largest absolute Gasteiger partial charge is 0.478 e. The Hall–Kier alpha value is -1.21. The van der Waals surface area contributed by atoms with E-state index in [-0.39, 0.29) is 17.6 Å².